The number of benzene rings is 2. The molecule has 0 saturated carbocycles. The lowest BCUT2D eigenvalue weighted by Gasteiger charge is -2.36. The summed E-state index contributed by atoms with van der Waals surface area (Å²) in [6.45, 7) is 8.46. The molecule has 0 fully saturated rings. The van der Waals surface area contributed by atoms with Gasteiger partial charge in [-0.25, -0.2) is 12.8 Å². The Labute approximate surface area is 251 Å². The SMILES string of the molecule is C=C(CCC1CN(S(=O)(=O)c2c(OCC)nn3c2CCCC3)c2cc(C=C(C)c3c(F)cccc3Cl)ccc2O1)OC. The number of sulfonamides is 1. The molecule has 1 unspecified atom stereocenters. The molecule has 42 heavy (non-hydrogen) atoms. The molecule has 2 aromatic carbocycles. The fourth-order valence-electron chi connectivity index (χ4n) is 5.46. The molecule has 5 rings (SSSR count). The van der Waals surface area contributed by atoms with Gasteiger partial charge in [0.2, 0.25) is 0 Å². The van der Waals surface area contributed by atoms with Crippen molar-refractivity contribution in [3.05, 3.63) is 76.4 Å². The number of halogens is 2. The smallest absolute Gasteiger partial charge is 0.271 e. The number of methoxy groups -OCH3 is 1. The van der Waals surface area contributed by atoms with Gasteiger partial charge in [-0.05, 0) is 74.9 Å². The van der Waals surface area contributed by atoms with Gasteiger partial charge in [0.15, 0.2) is 4.90 Å². The van der Waals surface area contributed by atoms with Gasteiger partial charge in [-0.15, -0.1) is 5.10 Å². The Morgan fingerprint density at radius 2 is 2.10 bits per heavy atom. The second kappa shape index (κ2) is 12.4. The molecule has 0 aliphatic carbocycles. The maximum atomic E-state index is 14.6. The number of ether oxygens (including phenoxy) is 3. The van der Waals surface area contributed by atoms with E-state index in [4.69, 9.17) is 25.8 Å². The van der Waals surface area contributed by atoms with Gasteiger partial charge < -0.3 is 14.2 Å². The first kappa shape index (κ1) is 30.0. The number of aromatic nitrogens is 2. The monoisotopic (exact) mass is 615 g/mol. The third kappa shape index (κ3) is 5.87. The molecule has 2 aliphatic rings. The van der Waals surface area contributed by atoms with E-state index in [9.17, 15) is 12.8 Å². The van der Waals surface area contributed by atoms with E-state index in [1.807, 2.05) is 6.07 Å². The zero-order valence-corrected chi connectivity index (χ0v) is 25.6. The fraction of sp³-hybridized carbons (Fsp3) is 0.387. The Balaban J connectivity index is 1.60. The second-order valence-electron chi connectivity index (χ2n) is 10.4. The summed E-state index contributed by atoms with van der Waals surface area (Å²) in [4.78, 5) is 0.104. The zero-order chi connectivity index (χ0) is 30.0. The topological polar surface area (TPSA) is 82.9 Å². The number of fused-ring (bicyclic) bond motifs is 2. The largest absolute Gasteiger partial charge is 0.502 e. The van der Waals surface area contributed by atoms with Crippen LogP contribution in [0.4, 0.5) is 10.1 Å². The summed E-state index contributed by atoms with van der Waals surface area (Å²) in [7, 11) is -2.57. The normalized spacial score (nSPS) is 16.8. The average molecular weight is 616 g/mol. The van der Waals surface area contributed by atoms with Crippen molar-refractivity contribution in [2.24, 2.45) is 0 Å². The van der Waals surface area contributed by atoms with Crippen LogP contribution < -0.4 is 13.8 Å². The predicted octanol–water partition coefficient (Wildman–Crippen LogP) is 6.87. The van der Waals surface area contributed by atoms with Crippen LogP contribution in [0.3, 0.4) is 0 Å². The quantitative estimate of drug-likeness (QED) is 0.183. The van der Waals surface area contributed by atoms with Gasteiger partial charge >= 0.3 is 0 Å². The van der Waals surface area contributed by atoms with Crippen molar-refractivity contribution in [1.82, 2.24) is 9.78 Å². The highest BCUT2D eigenvalue weighted by atomic mass is 35.5. The van der Waals surface area contributed by atoms with Gasteiger partial charge in [-0.2, -0.15) is 0 Å². The van der Waals surface area contributed by atoms with Crippen LogP contribution in [0.25, 0.3) is 11.6 Å². The summed E-state index contributed by atoms with van der Waals surface area (Å²) in [5.41, 5.74) is 2.61. The molecular formula is C31H35ClFN3O5S. The van der Waals surface area contributed by atoms with Crippen LogP contribution in [-0.2, 0) is 27.7 Å². The summed E-state index contributed by atoms with van der Waals surface area (Å²) in [6.07, 6.45) is 4.74. The number of rotatable bonds is 10. The van der Waals surface area contributed by atoms with Crippen molar-refractivity contribution in [3.8, 4) is 11.6 Å². The zero-order valence-electron chi connectivity index (χ0n) is 24.0. The molecule has 11 heteroatoms. The number of hydrogen-bond acceptors (Lipinski definition) is 6. The first-order valence-electron chi connectivity index (χ1n) is 14.0. The number of nitrogens with zero attached hydrogens (tertiary/aromatic N) is 3. The Hall–Kier alpha value is -3.50. The summed E-state index contributed by atoms with van der Waals surface area (Å²) in [5, 5.41) is 4.82. The summed E-state index contributed by atoms with van der Waals surface area (Å²) in [6, 6.07) is 9.84. The van der Waals surface area contributed by atoms with Crippen molar-refractivity contribution in [1.29, 1.82) is 0 Å². The maximum absolute atomic E-state index is 14.6. The van der Waals surface area contributed by atoms with Crippen molar-refractivity contribution in [2.75, 3.05) is 24.6 Å². The van der Waals surface area contributed by atoms with Crippen LogP contribution in [0, 0.1) is 5.82 Å². The van der Waals surface area contributed by atoms with E-state index in [1.54, 1.807) is 56.0 Å². The van der Waals surface area contributed by atoms with E-state index < -0.39 is 21.9 Å². The van der Waals surface area contributed by atoms with Crippen LogP contribution in [0.5, 0.6) is 11.6 Å². The van der Waals surface area contributed by atoms with Crippen LogP contribution in [0.1, 0.15) is 56.4 Å². The molecule has 0 bridgehead atoms. The third-order valence-electron chi connectivity index (χ3n) is 7.53. The minimum Gasteiger partial charge on any atom is -0.502 e. The molecule has 224 valence electrons. The van der Waals surface area contributed by atoms with Gasteiger partial charge in [0, 0.05) is 18.5 Å². The van der Waals surface area contributed by atoms with Crippen molar-refractivity contribution in [2.45, 2.75) is 63.5 Å². The average Bonchev–Trinajstić information content (AvgIpc) is 3.34. The van der Waals surface area contributed by atoms with Crippen molar-refractivity contribution in [3.63, 3.8) is 0 Å². The van der Waals surface area contributed by atoms with Gasteiger partial charge in [0.25, 0.3) is 15.9 Å². The third-order valence-corrected chi connectivity index (χ3v) is 9.70. The first-order valence-corrected chi connectivity index (χ1v) is 15.9. The van der Waals surface area contributed by atoms with E-state index in [0.29, 0.717) is 70.4 Å². The fourth-order valence-corrected chi connectivity index (χ4v) is 7.58. The molecule has 0 amide bonds. The van der Waals surface area contributed by atoms with Crippen molar-refractivity contribution < 1.29 is 27.0 Å². The van der Waals surface area contributed by atoms with Gasteiger partial charge in [-0.3, -0.25) is 8.99 Å². The van der Waals surface area contributed by atoms with E-state index in [1.165, 1.54) is 10.4 Å². The minimum absolute atomic E-state index is 0.0772. The molecule has 0 saturated heterocycles. The lowest BCUT2D eigenvalue weighted by atomic mass is 10.0. The Morgan fingerprint density at radius 1 is 1.29 bits per heavy atom. The Morgan fingerprint density at radius 3 is 2.83 bits per heavy atom. The standard InChI is InChI=1S/C31H35ClFN3O5S/c1-5-40-31-30(26-11-6-7-16-35(26)34-31)42(37,38)36-19-23(14-12-21(3)39-4)41-28-15-13-22(18-27(28)36)17-20(2)29-24(32)9-8-10-25(29)33/h8-10,13,15,17-18,23H,3,5-7,11-12,14,16,19H2,1-2,4H3. The summed E-state index contributed by atoms with van der Waals surface area (Å²) >= 11 is 6.30. The predicted molar refractivity (Wildman–Crippen MR) is 162 cm³/mol. The summed E-state index contributed by atoms with van der Waals surface area (Å²) < 4.78 is 64.2. The van der Waals surface area contributed by atoms with Crippen LogP contribution >= 0.6 is 11.6 Å². The lowest BCUT2D eigenvalue weighted by Crippen LogP contribution is -2.44. The van der Waals surface area contributed by atoms with E-state index >= 15 is 0 Å². The van der Waals surface area contributed by atoms with Crippen LogP contribution in [0.2, 0.25) is 5.02 Å². The molecule has 8 nitrogen and oxygen atoms in total. The molecule has 1 atom stereocenters. The van der Waals surface area contributed by atoms with E-state index in [2.05, 4.69) is 11.7 Å². The van der Waals surface area contributed by atoms with Gasteiger partial charge in [0.1, 0.15) is 17.7 Å². The molecule has 0 radical (unpaired) electrons. The van der Waals surface area contributed by atoms with E-state index in [0.717, 1.165) is 12.8 Å². The minimum atomic E-state index is -4.12. The van der Waals surface area contributed by atoms with Crippen molar-refractivity contribution >= 4 is 39.0 Å². The lowest BCUT2D eigenvalue weighted by molar-refractivity contribution is 0.178. The number of allylic oxidation sites excluding steroid dienone is 2. The molecule has 0 spiro atoms. The highest BCUT2D eigenvalue weighted by Gasteiger charge is 2.40. The maximum Gasteiger partial charge on any atom is 0.271 e. The highest BCUT2D eigenvalue weighted by molar-refractivity contribution is 7.93. The number of anilines is 1. The molecular weight excluding hydrogens is 581 g/mol. The molecule has 3 aromatic rings. The first-order chi connectivity index (χ1) is 20.1. The molecule has 2 aliphatic heterocycles. The van der Waals surface area contributed by atoms with E-state index in [-0.39, 0.29) is 23.9 Å². The molecule has 1 aromatic heterocycles. The van der Waals surface area contributed by atoms with Gasteiger partial charge in [-0.1, -0.05) is 36.4 Å². The Kier molecular flexibility index (Phi) is 8.84. The van der Waals surface area contributed by atoms with Crippen LogP contribution in [-0.4, -0.2) is 44.6 Å². The Bertz CT molecular complexity index is 1620. The molecule has 0 N–H and O–H groups in total. The number of hydrogen-bond donors (Lipinski definition) is 0. The molecule has 3 heterocycles. The number of aryl methyl sites for hydroxylation is 1. The second-order valence-corrected chi connectivity index (χ2v) is 12.6. The van der Waals surface area contributed by atoms with Gasteiger partial charge in [0.05, 0.1) is 42.4 Å². The summed E-state index contributed by atoms with van der Waals surface area (Å²) in [5.74, 6) is 0.700. The highest BCUT2D eigenvalue weighted by Crippen LogP contribution is 2.42. The van der Waals surface area contributed by atoms with Crippen LogP contribution in [0.15, 0.2) is 53.6 Å².